The molecule has 0 aliphatic carbocycles. The maximum atomic E-state index is 11.8. The Bertz CT molecular complexity index is 956. The Morgan fingerprint density at radius 2 is 1.50 bits per heavy atom. The average molecular weight is 474 g/mol. The molecule has 0 fully saturated rings. The molecule has 0 atom stereocenters. The molecule has 0 aromatic heterocycles. The van der Waals surface area contributed by atoms with Crippen LogP contribution in [-0.4, -0.2) is 47.5 Å². The van der Waals surface area contributed by atoms with Gasteiger partial charge in [0, 0.05) is 25.8 Å². The van der Waals surface area contributed by atoms with Crippen LogP contribution in [0, 0.1) is 20.2 Å². The first-order valence-corrected chi connectivity index (χ1v) is 10.3. The van der Waals surface area contributed by atoms with E-state index >= 15 is 0 Å². The Hall–Kier alpha value is -4.12. The van der Waals surface area contributed by atoms with Gasteiger partial charge in [-0.25, -0.2) is 4.79 Å². The third-order valence-corrected chi connectivity index (χ3v) is 4.30. The molecule has 34 heavy (non-hydrogen) atoms. The zero-order valence-electron chi connectivity index (χ0n) is 18.6. The minimum Gasteiger partial charge on any atom is -0.508 e. The van der Waals surface area contributed by atoms with E-state index in [1.165, 1.54) is 6.08 Å². The lowest BCUT2D eigenvalue weighted by Gasteiger charge is -2.05. The van der Waals surface area contributed by atoms with Gasteiger partial charge < -0.3 is 14.6 Å². The minimum absolute atomic E-state index is 0.155. The summed E-state index contributed by atoms with van der Waals surface area (Å²) in [4.78, 5) is 41.7. The number of nitrogens with zero attached hydrogens (tertiary/aromatic N) is 2. The Labute approximate surface area is 195 Å². The number of nitro groups is 2. The van der Waals surface area contributed by atoms with Crippen LogP contribution in [0.4, 0.5) is 11.4 Å². The topological polar surface area (TPSA) is 159 Å². The van der Waals surface area contributed by atoms with Gasteiger partial charge in [-0.3, -0.25) is 25.0 Å². The number of rotatable bonds is 12. The molecule has 0 saturated heterocycles. The minimum atomic E-state index is -0.811. The number of non-ortho nitro benzene ring substituents is 2. The lowest BCUT2D eigenvalue weighted by molar-refractivity contribution is -0.394. The Morgan fingerprint density at radius 3 is 2.00 bits per heavy atom. The number of aldehydes is 1. The van der Waals surface area contributed by atoms with E-state index in [1.54, 1.807) is 37.5 Å². The van der Waals surface area contributed by atoms with Gasteiger partial charge in [-0.2, -0.15) is 0 Å². The molecule has 0 unspecified atom stereocenters. The monoisotopic (exact) mass is 474 g/mol. The number of ether oxygens (including phenoxy) is 2. The summed E-state index contributed by atoms with van der Waals surface area (Å²) in [6.45, 7) is 0.833. The number of carbonyl (C=O) groups is 2. The highest BCUT2D eigenvalue weighted by atomic mass is 16.6. The molecule has 0 radical (unpaired) electrons. The number of hydrogen-bond donors (Lipinski definition) is 1. The van der Waals surface area contributed by atoms with Gasteiger partial charge in [0.05, 0.1) is 28.1 Å². The molecule has 0 spiro atoms. The highest BCUT2D eigenvalue weighted by Gasteiger charge is 2.20. The maximum Gasteiger partial charge on any atom is 0.338 e. The van der Waals surface area contributed by atoms with Gasteiger partial charge in [0.25, 0.3) is 11.4 Å². The molecule has 0 heterocycles. The average Bonchev–Trinajstić information content (AvgIpc) is 2.83. The van der Waals surface area contributed by atoms with Crippen LogP contribution in [0.25, 0.3) is 6.08 Å². The largest absolute Gasteiger partial charge is 0.508 e. The fourth-order valence-corrected chi connectivity index (χ4v) is 2.61. The van der Waals surface area contributed by atoms with Crippen LogP contribution in [0.3, 0.4) is 0 Å². The summed E-state index contributed by atoms with van der Waals surface area (Å²) in [7, 11) is 1.63. The van der Waals surface area contributed by atoms with Gasteiger partial charge in [0.1, 0.15) is 12.0 Å². The summed E-state index contributed by atoms with van der Waals surface area (Å²) in [6, 6.07) is 9.34. The van der Waals surface area contributed by atoms with Crippen molar-refractivity contribution < 1.29 is 34.0 Å². The Balaban J connectivity index is 0.000000437. The molecule has 2 aromatic rings. The second-order valence-electron chi connectivity index (χ2n) is 6.88. The predicted molar refractivity (Wildman–Crippen MR) is 124 cm³/mol. The zero-order valence-corrected chi connectivity index (χ0v) is 18.6. The molecular formula is C23H26N2O9. The lowest BCUT2D eigenvalue weighted by atomic mass is 10.1. The fourth-order valence-electron chi connectivity index (χ4n) is 2.61. The van der Waals surface area contributed by atoms with Crippen molar-refractivity contribution >= 4 is 29.7 Å². The van der Waals surface area contributed by atoms with Crippen molar-refractivity contribution in [2.75, 3.05) is 20.3 Å². The first kappa shape index (κ1) is 27.9. The van der Waals surface area contributed by atoms with E-state index < -0.39 is 27.2 Å². The SMILES string of the molecule is COCCCCCCOC(=O)c1cc([N+](=O)[O-])cc([N+](=O)[O-])c1.O=C/C=C/c1ccc(O)cc1. The molecule has 0 bridgehead atoms. The number of unbranched alkanes of at least 4 members (excludes halogenated alkanes) is 3. The van der Waals surface area contributed by atoms with Gasteiger partial charge in [-0.15, -0.1) is 0 Å². The normalized spacial score (nSPS) is 10.3. The van der Waals surface area contributed by atoms with Crippen molar-refractivity contribution in [3.05, 3.63) is 79.9 Å². The quantitative estimate of drug-likeness (QED) is 0.117. The van der Waals surface area contributed by atoms with Crippen molar-refractivity contribution in [2.24, 2.45) is 0 Å². The summed E-state index contributed by atoms with van der Waals surface area (Å²) in [5, 5.41) is 30.4. The molecule has 0 aliphatic heterocycles. The molecule has 11 nitrogen and oxygen atoms in total. The van der Waals surface area contributed by atoms with Crippen LogP contribution in [0.5, 0.6) is 5.75 Å². The summed E-state index contributed by atoms with van der Waals surface area (Å²) < 4.78 is 9.90. The molecular weight excluding hydrogens is 448 g/mol. The molecule has 0 saturated carbocycles. The van der Waals surface area contributed by atoms with Gasteiger partial charge in [0.15, 0.2) is 0 Å². The maximum absolute atomic E-state index is 11.8. The summed E-state index contributed by atoms with van der Waals surface area (Å²) in [5.41, 5.74) is -0.350. The second kappa shape index (κ2) is 15.6. The Kier molecular flexibility index (Phi) is 12.8. The van der Waals surface area contributed by atoms with Crippen molar-refractivity contribution in [3.63, 3.8) is 0 Å². The number of nitro benzene ring substituents is 2. The number of phenols is 1. The number of methoxy groups -OCH3 is 1. The number of carbonyl (C=O) groups excluding carboxylic acids is 2. The van der Waals surface area contributed by atoms with Crippen LogP contribution >= 0.6 is 0 Å². The molecule has 1 N–H and O–H groups in total. The van der Waals surface area contributed by atoms with Crippen LogP contribution in [-0.2, 0) is 14.3 Å². The molecule has 0 amide bonds. The first-order chi connectivity index (χ1) is 16.3. The molecule has 11 heteroatoms. The number of phenolic OH excluding ortho intramolecular Hbond substituents is 1. The molecule has 2 aromatic carbocycles. The number of benzene rings is 2. The first-order valence-electron chi connectivity index (χ1n) is 10.3. The zero-order chi connectivity index (χ0) is 25.3. The molecule has 182 valence electrons. The Morgan fingerprint density at radius 1 is 0.941 bits per heavy atom. The van der Waals surface area contributed by atoms with E-state index in [0.717, 1.165) is 43.0 Å². The van der Waals surface area contributed by atoms with Crippen LogP contribution in [0.15, 0.2) is 48.5 Å². The van der Waals surface area contributed by atoms with Gasteiger partial charge in [-0.1, -0.05) is 24.6 Å². The van der Waals surface area contributed by atoms with E-state index in [9.17, 15) is 29.8 Å². The second-order valence-corrected chi connectivity index (χ2v) is 6.88. The predicted octanol–water partition coefficient (Wildman–Crippen LogP) is 4.47. The number of aromatic hydroxyl groups is 1. The fraction of sp³-hybridized carbons (Fsp3) is 0.304. The lowest BCUT2D eigenvalue weighted by Crippen LogP contribution is -2.08. The number of hydrogen-bond acceptors (Lipinski definition) is 9. The third kappa shape index (κ3) is 11.0. The van der Waals surface area contributed by atoms with Crippen LogP contribution < -0.4 is 0 Å². The van der Waals surface area contributed by atoms with Crippen molar-refractivity contribution in [1.82, 2.24) is 0 Å². The summed E-state index contributed by atoms with van der Waals surface area (Å²) in [5.74, 6) is -0.582. The van der Waals surface area contributed by atoms with Gasteiger partial charge >= 0.3 is 5.97 Å². The van der Waals surface area contributed by atoms with Crippen LogP contribution in [0.2, 0.25) is 0 Å². The van der Waals surface area contributed by atoms with E-state index in [1.807, 2.05) is 0 Å². The van der Waals surface area contributed by atoms with Crippen molar-refractivity contribution in [1.29, 1.82) is 0 Å². The molecule has 0 aliphatic rings. The summed E-state index contributed by atoms with van der Waals surface area (Å²) in [6.07, 6.45) is 7.15. The standard InChI is InChI=1S/C14H18N2O7.C9H8O2/c1-22-6-4-2-3-5-7-23-14(17)11-8-12(15(18)19)10-13(9-11)16(20)21;10-7-1-2-8-3-5-9(11)6-4-8/h8-10H,2-7H2,1H3;1-7,11H/b;2-1+. The van der Waals surface area contributed by atoms with E-state index in [4.69, 9.17) is 14.6 Å². The van der Waals surface area contributed by atoms with Crippen molar-refractivity contribution in [3.8, 4) is 5.75 Å². The molecule has 2 rings (SSSR count). The summed E-state index contributed by atoms with van der Waals surface area (Å²) >= 11 is 0. The van der Waals surface area contributed by atoms with E-state index in [0.29, 0.717) is 19.3 Å². The van der Waals surface area contributed by atoms with Gasteiger partial charge in [0.2, 0.25) is 0 Å². The van der Waals surface area contributed by atoms with E-state index in [-0.39, 0.29) is 17.9 Å². The number of esters is 1. The third-order valence-electron chi connectivity index (χ3n) is 4.30. The van der Waals surface area contributed by atoms with Crippen molar-refractivity contribution in [2.45, 2.75) is 25.7 Å². The number of allylic oxidation sites excluding steroid dienone is 1. The smallest absolute Gasteiger partial charge is 0.338 e. The highest BCUT2D eigenvalue weighted by Crippen LogP contribution is 2.23. The van der Waals surface area contributed by atoms with E-state index in [2.05, 4.69) is 0 Å². The van der Waals surface area contributed by atoms with Gasteiger partial charge in [-0.05, 0) is 43.0 Å². The van der Waals surface area contributed by atoms with Crippen LogP contribution in [0.1, 0.15) is 41.6 Å². The highest BCUT2D eigenvalue weighted by molar-refractivity contribution is 5.91.